The summed E-state index contributed by atoms with van der Waals surface area (Å²) in [7, 11) is 0. The van der Waals surface area contributed by atoms with Gasteiger partial charge in [-0.2, -0.15) is 0 Å². The van der Waals surface area contributed by atoms with Crippen molar-refractivity contribution < 1.29 is 9.47 Å². The lowest BCUT2D eigenvalue weighted by Gasteiger charge is -2.32. The normalized spacial score (nSPS) is 12.6. The van der Waals surface area contributed by atoms with Gasteiger partial charge in [0.15, 0.2) is 0 Å². The fourth-order valence-electron chi connectivity index (χ4n) is 8.49. The predicted molar refractivity (Wildman–Crippen MR) is 213 cm³/mol. The first-order chi connectivity index (χ1) is 25.3. The minimum atomic E-state index is 0.0721. The van der Waals surface area contributed by atoms with Gasteiger partial charge >= 0.3 is 0 Å². The molecule has 0 aromatic heterocycles. The second-order valence-electron chi connectivity index (χ2n) is 13.6. The molecule has 0 radical (unpaired) electrons. The third-order valence-corrected chi connectivity index (χ3v) is 10.8. The molecule has 0 saturated heterocycles. The SMILES string of the molecule is c1ccc(-c2c3ccccc3c(-c3ccc4cc(-c5ccc6c(c5)Oc5cccc7c5B6c5ccccc5O7)ccc4c3)c3ccccc23)cc1. The van der Waals surface area contributed by atoms with E-state index in [1.54, 1.807) is 0 Å². The van der Waals surface area contributed by atoms with Gasteiger partial charge in [0.05, 0.1) is 0 Å². The quantitative estimate of drug-likeness (QED) is 0.140. The van der Waals surface area contributed by atoms with Gasteiger partial charge in [-0.1, -0.05) is 140 Å². The number of hydrogen-bond acceptors (Lipinski definition) is 2. The summed E-state index contributed by atoms with van der Waals surface area (Å²) < 4.78 is 12.9. The van der Waals surface area contributed by atoms with Crippen LogP contribution in [-0.4, -0.2) is 6.71 Å². The van der Waals surface area contributed by atoms with Crippen LogP contribution in [0.3, 0.4) is 0 Å². The highest BCUT2D eigenvalue weighted by atomic mass is 16.5. The molecule has 9 aromatic rings. The fraction of sp³-hybridized carbons (Fsp3) is 0. The Morgan fingerprint density at radius 1 is 0.314 bits per heavy atom. The van der Waals surface area contributed by atoms with Crippen molar-refractivity contribution in [2.45, 2.75) is 0 Å². The van der Waals surface area contributed by atoms with E-state index in [9.17, 15) is 0 Å². The Balaban J connectivity index is 1.02. The monoisotopic (exact) mass is 648 g/mol. The molecule has 2 nitrogen and oxygen atoms in total. The van der Waals surface area contributed by atoms with Crippen molar-refractivity contribution in [1.82, 2.24) is 0 Å². The molecule has 3 heteroatoms. The molecule has 236 valence electrons. The van der Waals surface area contributed by atoms with E-state index in [0.717, 1.165) is 45.1 Å². The van der Waals surface area contributed by atoms with Crippen molar-refractivity contribution in [3.8, 4) is 56.4 Å². The summed E-state index contributed by atoms with van der Waals surface area (Å²) in [6.07, 6.45) is 0. The summed E-state index contributed by atoms with van der Waals surface area (Å²) in [5.74, 6) is 3.53. The van der Waals surface area contributed by atoms with Crippen molar-refractivity contribution in [3.63, 3.8) is 0 Å². The molecule has 0 spiro atoms. The Morgan fingerprint density at radius 3 is 1.51 bits per heavy atom. The zero-order valence-electron chi connectivity index (χ0n) is 27.6. The van der Waals surface area contributed by atoms with Crippen LogP contribution in [-0.2, 0) is 0 Å². The van der Waals surface area contributed by atoms with Crippen LogP contribution in [0.5, 0.6) is 23.0 Å². The summed E-state index contributed by atoms with van der Waals surface area (Å²) in [4.78, 5) is 0. The van der Waals surface area contributed by atoms with E-state index in [2.05, 4.69) is 152 Å². The highest BCUT2D eigenvalue weighted by Gasteiger charge is 2.39. The molecule has 0 atom stereocenters. The Kier molecular flexibility index (Phi) is 6.08. The average molecular weight is 649 g/mol. The Bertz CT molecular complexity index is 2820. The summed E-state index contributed by atoms with van der Waals surface area (Å²) in [5, 5.41) is 7.49. The molecule has 2 aliphatic heterocycles. The predicted octanol–water partition coefficient (Wildman–Crippen LogP) is 10.9. The molecule has 51 heavy (non-hydrogen) atoms. The first-order valence-electron chi connectivity index (χ1n) is 17.5. The van der Waals surface area contributed by atoms with Gasteiger partial charge in [0.1, 0.15) is 23.0 Å². The summed E-state index contributed by atoms with van der Waals surface area (Å²) in [5.41, 5.74) is 10.8. The van der Waals surface area contributed by atoms with E-state index >= 15 is 0 Å². The van der Waals surface area contributed by atoms with Gasteiger partial charge in [0.2, 0.25) is 0 Å². The number of para-hydroxylation sites is 1. The Labute approximate surface area is 296 Å². The molecule has 0 amide bonds. The number of fused-ring (bicyclic) bond motifs is 7. The molecular weight excluding hydrogens is 619 g/mol. The molecule has 9 aromatic carbocycles. The van der Waals surface area contributed by atoms with Crippen LogP contribution in [0.1, 0.15) is 0 Å². The first kappa shape index (κ1) is 28.3. The summed E-state index contributed by atoms with van der Waals surface area (Å²) >= 11 is 0. The van der Waals surface area contributed by atoms with Gasteiger partial charge in [-0.05, 0) is 113 Å². The number of benzene rings is 9. The molecule has 2 aliphatic rings. The largest absolute Gasteiger partial charge is 0.458 e. The smallest absolute Gasteiger partial charge is 0.260 e. The number of ether oxygens (including phenoxy) is 2. The van der Waals surface area contributed by atoms with E-state index in [0.29, 0.717) is 0 Å². The van der Waals surface area contributed by atoms with Crippen molar-refractivity contribution in [2.24, 2.45) is 0 Å². The highest BCUT2D eigenvalue weighted by Crippen LogP contribution is 2.44. The van der Waals surface area contributed by atoms with Gasteiger partial charge in [0, 0.05) is 5.46 Å². The maximum absolute atomic E-state index is 6.58. The lowest BCUT2D eigenvalue weighted by atomic mass is 9.35. The summed E-state index contributed by atoms with van der Waals surface area (Å²) in [6.45, 7) is 0.0721. The molecule has 11 rings (SSSR count). The zero-order chi connectivity index (χ0) is 33.5. The van der Waals surface area contributed by atoms with Crippen molar-refractivity contribution in [3.05, 3.63) is 176 Å². The molecule has 0 N–H and O–H groups in total. The standard InChI is InChI=1S/C48H29BO2/c1-2-11-30(12-3-1)46-36-13-4-6-15-38(36)47(39-16-7-5-14-37(39)46)35-24-23-31-27-32(21-22-33(31)28-35)34-25-26-41-45(29-34)51-44-20-10-19-43-48(44)49(41)40-17-8-9-18-42(40)50-43/h1-29H. The molecule has 0 bridgehead atoms. The van der Waals surface area contributed by atoms with Crippen LogP contribution in [0.25, 0.3) is 65.7 Å². The van der Waals surface area contributed by atoms with Crippen LogP contribution in [0.4, 0.5) is 0 Å². The number of hydrogen-bond donors (Lipinski definition) is 0. The number of rotatable bonds is 3. The van der Waals surface area contributed by atoms with Crippen molar-refractivity contribution >= 4 is 55.4 Å². The van der Waals surface area contributed by atoms with Crippen LogP contribution in [0, 0.1) is 0 Å². The molecule has 0 saturated carbocycles. The highest BCUT2D eigenvalue weighted by molar-refractivity contribution is 6.98. The minimum Gasteiger partial charge on any atom is -0.458 e. The second-order valence-corrected chi connectivity index (χ2v) is 13.6. The topological polar surface area (TPSA) is 18.5 Å². The van der Waals surface area contributed by atoms with E-state index in [-0.39, 0.29) is 6.71 Å². The molecule has 2 heterocycles. The van der Waals surface area contributed by atoms with Gasteiger partial charge in [0.25, 0.3) is 6.71 Å². The Hall–Kier alpha value is -6.58. The van der Waals surface area contributed by atoms with Crippen LogP contribution >= 0.6 is 0 Å². The van der Waals surface area contributed by atoms with Gasteiger partial charge in [-0.3, -0.25) is 0 Å². The maximum atomic E-state index is 6.58. The van der Waals surface area contributed by atoms with Gasteiger partial charge in [-0.25, -0.2) is 0 Å². The van der Waals surface area contributed by atoms with Crippen molar-refractivity contribution in [2.75, 3.05) is 0 Å². The van der Waals surface area contributed by atoms with E-state index in [4.69, 9.17) is 9.47 Å². The fourth-order valence-corrected chi connectivity index (χ4v) is 8.49. The van der Waals surface area contributed by atoms with Crippen LogP contribution in [0.2, 0.25) is 0 Å². The zero-order valence-corrected chi connectivity index (χ0v) is 27.6. The molecular formula is C48H29BO2. The van der Waals surface area contributed by atoms with Crippen molar-refractivity contribution in [1.29, 1.82) is 0 Å². The molecule has 0 aliphatic carbocycles. The second kappa shape index (κ2) is 11.0. The minimum absolute atomic E-state index is 0.0721. The Morgan fingerprint density at radius 2 is 0.804 bits per heavy atom. The van der Waals surface area contributed by atoms with Gasteiger partial charge < -0.3 is 9.47 Å². The lowest BCUT2D eigenvalue weighted by molar-refractivity contribution is 0.464. The van der Waals surface area contributed by atoms with E-state index < -0.39 is 0 Å². The molecule has 0 unspecified atom stereocenters. The van der Waals surface area contributed by atoms with Crippen LogP contribution < -0.4 is 25.9 Å². The first-order valence-corrected chi connectivity index (χ1v) is 17.5. The molecule has 0 fully saturated rings. The lowest BCUT2D eigenvalue weighted by Crippen LogP contribution is -2.57. The van der Waals surface area contributed by atoms with E-state index in [1.165, 1.54) is 60.0 Å². The third kappa shape index (κ3) is 4.31. The average Bonchev–Trinajstić information content (AvgIpc) is 3.19. The maximum Gasteiger partial charge on any atom is 0.260 e. The third-order valence-electron chi connectivity index (χ3n) is 10.8. The summed E-state index contributed by atoms with van der Waals surface area (Å²) in [6, 6.07) is 63.3. The van der Waals surface area contributed by atoms with E-state index in [1.807, 2.05) is 24.3 Å². The van der Waals surface area contributed by atoms with Gasteiger partial charge in [-0.15, -0.1) is 0 Å². The van der Waals surface area contributed by atoms with Crippen LogP contribution in [0.15, 0.2) is 176 Å².